The highest BCUT2D eigenvalue weighted by atomic mass is 35.5. The van der Waals surface area contributed by atoms with Crippen LogP contribution in [0.25, 0.3) is 5.57 Å². The first kappa shape index (κ1) is 20.4. The fourth-order valence-electron chi connectivity index (χ4n) is 4.61. The van der Waals surface area contributed by atoms with Gasteiger partial charge in [-0.2, -0.15) is 0 Å². The van der Waals surface area contributed by atoms with Crippen molar-refractivity contribution in [3.05, 3.63) is 68.6 Å². The number of nitrogens with one attached hydrogen (secondary N) is 2. The van der Waals surface area contributed by atoms with Crippen LogP contribution in [0, 0.1) is 0 Å². The topological polar surface area (TPSA) is 71.2 Å². The number of carbonyl (C=O) groups excluding carboxylic acids is 1. The van der Waals surface area contributed by atoms with Gasteiger partial charge in [-0.15, -0.1) is 0 Å². The Kier molecular flexibility index (Phi) is 5.61. The summed E-state index contributed by atoms with van der Waals surface area (Å²) in [5.41, 5.74) is 3.31. The van der Waals surface area contributed by atoms with Gasteiger partial charge in [0.05, 0.1) is 11.1 Å². The van der Waals surface area contributed by atoms with Crippen LogP contribution in [-0.2, 0) is 4.79 Å². The van der Waals surface area contributed by atoms with E-state index in [0.717, 1.165) is 54.5 Å². The molecule has 0 spiro atoms. The first-order valence-electron chi connectivity index (χ1n) is 11.3. The lowest BCUT2D eigenvalue weighted by atomic mass is 9.98. The molecule has 1 saturated heterocycles. The Hall–Kier alpha value is -2.53. The second-order valence-corrected chi connectivity index (χ2v) is 9.30. The van der Waals surface area contributed by atoms with Crippen LogP contribution in [0.4, 0.5) is 0 Å². The fraction of sp³-hybridized carbons (Fsp3) is 0.440. The van der Waals surface area contributed by atoms with Crippen LogP contribution < -0.4 is 15.6 Å². The maximum atomic E-state index is 12.7. The highest BCUT2D eigenvalue weighted by molar-refractivity contribution is 6.32. The summed E-state index contributed by atoms with van der Waals surface area (Å²) >= 11 is 6.59. The zero-order valence-electron chi connectivity index (χ0n) is 17.5. The van der Waals surface area contributed by atoms with Crippen LogP contribution in [0.1, 0.15) is 74.1 Å². The van der Waals surface area contributed by atoms with Gasteiger partial charge >= 0.3 is 0 Å². The van der Waals surface area contributed by atoms with Crippen molar-refractivity contribution in [1.82, 2.24) is 10.3 Å². The number of aromatic nitrogens is 1. The van der Waals surface area contributed by atoms with Gasteiger partial charge in [0.25, 0.3) is 5.56 Å². The van der Waals surface area contributed by atoms with E-state index in [1.54, 1.807) is 0 Å². The Bertz CT molecular complexity index is 1080. The van der Waals surface area contributed by atoms with Crippen molar-refractivity contribution >= 4 is 23.1 Å². The molecular formula is C25H27ClN2O3. The minimum atomic E-state index is -0.0673. The number of ether oxygens (including phenoxy) is 1. The minimum absolute atomic E-state index is 0.0337. The molecule has 3 fully saturated rings. The van der Waals surface area contributed by atoms with Gasteiger partial charge in [-0.05, 0) is 74.6 Å². The third-order valence-corrected chi connectivity index (χ3v) is 6.78. The molecule has 31 heavy (non-hydrogen) atoms. The number of pyridine rings is 1. The Morgan fingerprint density at radius 1 is 1.03 bits per heavy atom. The predicted octanol–water partition coefficient (Wildman–Crippen LogP) is 4.94. The molecule has 162 valence electrons. The molecular weight excluding hydrogens is 412 g/mol. The van der Waals surface area contributed by atoms with Crippen LogP contribution >= 0.6 is 11.6 Å². The normalized spacial score (nSPS) is 22.0. The average molecular weight is 439 g/mol. The van der Waals surface area contributed by atoms with Gasteiger partial charge in [-0.25, -0.2) is 0 Å². The molecule has 1 aromatic heterocycles. The van der Waals surface area contributed by atoms with Crippen LogP contribution in [-0.4, -0.2) is 23.0 Å². The van der Waals surface area contributed by atoms with Crippen LogP contribution in [0.3, 0.4) is 0 Å². The van der Waals surface area contributed by atoms with Crippen molar-refractivity contribution in [2.45, 2.75) is 69.4 Å². The molecule has 6 heteroatoms. The Morgan fingerprint density at radius 2 is 1.84 bits per heavy atom. The van der Waals surface area contributed by atoms with Gasteiger partial charge in [-0.1, -0.05) is 29.8 Å². The number of rotatable bonds is 6. The zero-order chi connectivity index (χ0) is 21.4. The third kappa shape index (κ3) is 4.57. The third-order valence-electron chi connectivity index (χ3n) is 6.48. The van der Waals surface area contributed by atoms with Crippen LogP contribution in [0.2, 0.25) is 5.02 Å². The SMILES string of the molecule is O=C1CC[C@H](/C=C(/c2ccc(OC3CCCC3)c(Cl)c2)c2ccc(C3CC3)c(=O)[nH]2)N1. The fourth-order valence-corrected chi connectivity index (χ4v) is 4.84. The lowest BCUT2D eigenvalue weighted by molar-refractivity contribution is -0.119. The van der Waals surface area contributed by atoms with E-state index in [1.807, 2.05) is 36.4 Å². The molecule has 0 unspecified atom stereocenters. The number of hydrogen-bond acceptors (Lipinski definition) is 3. The van der Waals surface area contributed by atoms with Crippen molar-refractivity contribution in [3.8, 4) is 5.75 Å². The van der Waals surface area contributed by atoms with E-state index in [1.165, 1.54) is 12.8 Å². The van der Waals surface area contributed by atoms with Gasteiger partial charge in [-0.3, -0.25) is 9.59 Å². The van der Waals surface area contributed by atoms with Crippen molar-refractivity contribution in [1.29, 1.82) is 0 Å². The number of halogens is 1. The Morgan fingerprint density at radius 3 is 2.48 bits per heavy atom. The van der Waals surface area contributed by atoms with E-state index in [0.29, 0.717) is 23.1 Å². The van der Waals surface area contributed by atoms with E-state index >= 15 is 0 Å². The largest absolute Gasteiger partial charge is 0.489 e. The summed E-state index contributed by atoms with van der Waals surface area (Å²) in [5.74, 6) is 1.14. The van der Waals surface area contributed by atoms with E-state index in [4.69, 9.17) is 16.3 Å². The van der Waals surface area contributed by atoms with Crippen molar-refractivity contribution < 1.29 is 9.53 Å². The molecule has 2 N–H and O–H groups in total. The van der Waals surface area contributed by atoms with Crippen molar-refractivity contribution in [2.75, 3.05) is 0 Å². The summed E-state index contributed by atoms with van der Waals surface area (Å²) in [6.07, 6.45) is 10.2. The lowest BCUT2D eigenvalue weighted by Gasteiger charge is -2.17. The summed E-state index contributed by atoms with van der Waals surface area (Å²) in [6.45, 7) is 0. The van der Waals surface area contributed by atoms with Gasteiger partial charge in [0.1, 0.15) is 5.75 Å². The monoisotopic (exact) mass is 438 g/mol. The molecule has 1 amide bonds. The first-order valence-corrected chi connectivity index (χ1v) is 11.7. The number of H-pyrrole nitrogens is 1. The zero-order valence-corrected chi connectivity index (χ0v) is 18.2. The van der Waals surface area contributed by atoms with E-state index in [-0.39, 0.29) is 23.6 Å². The molecule has 1 aromatic carbocycles. The van der Waals surface area contributed by atoms with Gasteiger partial charge in [0.2, 0.25) is 5.91 Å². The molecule has 2 saturated carbocycles. The molecule has 5 rings (SSSR count). The first-order chi connectivity index (χ1) is 15.1. The quantitative estimate of drug-likeness (QED) is 0.671. The van der Waals surface area contributed by atoms with E-state index in [2.05, 4.69) is 10.3 Å². The average Bonchev–Trinajstić information content (AvgIpc) is 3.30. The van der Waals surface area contributed by atoms with Crippen LogP contribution in [0.5, 0.6) is 5.75 Å². The number of amides is 1. The number of carbonyl (C=O) groups is 1. The van der Waals surface area contributed by atoms with E-state index < -0.39 is 0 Å². The molecule has 0 radical (unpaired) electrons. The standard InChI is InChI=1S/C25H27ClN2O3/c26-21-13-16(7-11-23(21)31-18-3-1-2-4-18)20(14-17-8-12-24(29)27-17)22-10-9-19(15-5-6-15)25(30)28-22/h7,9-11,13-15,17-18H,1-6,8,12H2,(H,27,29)(H,28,30)/b20-14-/t17-/m1/s1. The molecule has 2 heterocycles. The maximum absolute atomic E-state index is 12.7. The smallest absolute Gasteiger partial charge is 0.251 e. The highest BCUT2D eigenvalue weighted by Gasteiger charge is 2.27. The summed E-state index contributed by atoms with van der Waals surface area (Å²) < 4.78 is 6.10. The minimum Gasteiger partial charge on any atom is -0.489 e. The highest BCUT2D eigenvalue weighted by Crippen LogP contribution is 2.39. The van der Waals surface area contributed by atoms with Gasteiger partial charge in [0.15, 0.2) is 0 Å². The molecule has 5 nitrogen and oxygen atoms in total. The second kappa shape index (κ2) is 8.54. The maximum Gasteiger partial charge on any atom is 0.251 e. The second-order valence-electron chi connectivity index (χ2n) is 8.89. The molecule has 0 bridgehead atoms. The summed E-state index contributed by atoms with van der Waals surface area (Å²) in [5, 5.41) is 3.55. The summed E-state index contributed by atoms with van der Waals surface area (Å²) in [6, 6.07) is 9.61. The van der Waals surface area contributed by atoms with Gasteiger partial charge < -0.3 is 15.0 Å². The van der Waals surface area contributed by atoms with E-state index in [9.17, 15) is 9.59 Å². The van der Waals surface area contributed by atoms with Crippen molar-refractivity contribution in [2.24, 2.45) is 0 Å². The number of aromatic amines is 1. The number of benzene rings is 1. The summed E-state index contributed by atoms with van der Waals surface area (Å²) in [4.78, 5) is 27.4. The Labute approximate surface area is 186 Å². The van der Waals surface area contributed by atoms with Gasteiger partial charge in [0, 0.05) is 29.3 Å². The molecule has 3 aliphatic rings. The van der Waals surface area contributed by atoms with Crippen molar-refractivity contribution in [3.63, 3.8) is 0 Å². The number of hydrogen-bond donors (Lipinski definition) is 2. The summed E-state index contributed by atoms with van der Waals surface area (Å²) in [7, 11) is 0. The molecule has 1 atom stereocenters. The molecule has 1 aliphatic heterocycles. The van der Waals surface area contributed by atoms with Crippen LogP contribution in [0.15, 0.2) is 41.2 Å². The lowest BCUT2D eigenvalue weighted by Crippen LogP contribution is -2.23. The molecule has 2 aromatic rings. The Balaban J connectivity index is 1.49. The predicted molar refractivity (Wildman–Crippen MR) is 122 cm³/mol. The molecule has 2 aliphatic carbocycles.